The molecule has 0 aromatic carbocycles. The summed E-state index contributed by atoms with van der Waals surface area (Å²) < 4.78 is 29.8. The first-order valence-corrected chi connectivity index (χ1v) is 8.46. The normalized spacial score (nSPS) is 19.2. The molecule has 2 N–H and O–H groups in total. The van der Waals surface area contributed by atoms with Crippen molar-refractivity contribution in [2.24, 2.45) is 5.14 Å². The number of aromatic nitrogens is 1. The molecular weight excluding hydrogens is 294 g/mol. The van der Waals surface area contributed by atoms with Gasteiger partial charge < -0.3 is 14.2 Å². The Morgan fingerprint density at radius 1 is 1.52 bits per heavy atom. The van der Waals surface area contributed by atoms with Crippen LogP contribution in [-0.4, -0.2) is 50.1 Å². The van der Waals surface area contributed by atoms with Crippen molar-refractivity contribution in [1.29, 1.82) is 0 Å². The first kappa shape index (κ1) is 16.0. The van der Waals surface area contributed by atoms with E-state index < -0.39 is 10.0 Å². The van der Waals surface area contributed by atoms with E-state index in [1.807, 2.05) is 6.92 Å². The van der Waals surface area contributed by atoms with Crippen molar-refractivity contribution in [3.63, 3.8) is 0 Å². The standard InChI is InChI=1S/C13H21N3O4S/c1-3-5-15-9-11(21(14,18)19)7-12(15)13(17)16-6-4-10(8-16)20-2/h7,9-10H,3-6,8H2,1-2H3,(H2,14,18,19). The van der Waals surface area contributed by atoms with Gasteiger partial charge in [0.2, 0.25) is 10.0 Å². The number of primary sulfonamides is 1. The molecule has 0 aliphatic carbocycles. The van der Waals surface area contributed by atoms with Gasteiger partial charge in [0.1, 0.15) is 10.6 Å². The van der Waals surface area contributed by atoms with Crippen LogP contribution in [0.3, 0.4) is 0 Å². The quantitative estimate of drug-likeness (QED) is 0.851. The van der Waals surface area contributed by atoms with Crippen molar-refractivity contribution in [1.82, 2.24) is 9.47 Å². The number of sulfonamides is 1. The molecule has 21 heavy (non-hydrogen) atoms. The molecule has 1 aliphatic heterocycles. The van der Waals surface area contributed by atoms with Crippen LogP contribution in [-0.2, 0) is 21.3 Å². The maximum atomic E-state index is 12.6. The third kappa shape index (κ3) is 3.45. The average Bonchev–Trinajstić information content (AvgIpc) is 3.04. The Labute approximate surface area is 124 Å². The van der Waals surface area contributed by atoms with Crippen LogP contribution in [0.5, 0.6) is 0 Å². The highest BCUT2D eigenvalue weighted by atomic mass is 32.2. The zero-order chi connectivity index (χ0) is 15.6. The Kier molecular flexibility index (Phi) is 4.70. The van der Waals surface area contributed by atoms with E-state index in [1.165, 1.54) is 12.3 Å². The van der Waals surface area contributed by atoms with E-state index in [4.69, 9.17) is 9.88 Å². The predicted molar refractivity (Wildman–Crippen MR) is 77.4 cm³/mol. The number of aryl methyl sites for hydroxylation is 1. The summed E-state index contributed by atoms with van der Waals surface area (Å²) in [4.78, 5) is 14.2. The van der Waals surface area contributed by atoms with Crippen LogP contribution >= 0.6 is 0 Å². The topological polar surface area (TPSA) is 94.6 Å². The zero-order valence-electron chi connectivity index (χ0n) is 12.3. The van der Waals surface area contributed by atoms with Crippen molar-refractivity contribution < 1.29 is 17.9 Å². The molecule has 1 atom stereocenters. The minimum absolute atomic E-state index is 0.0261. The number of amides is 1. The van der Waals surface area contributed by atoms with Crippen molar-refractivity contribution in [3.05, 3.63) is 18.0 Å². The maximum Gasteiger partial charge on any atom is 0.270 e. The summed E-state index contributed by atoms with van der Waals surface area (Å²) in [6, 6.07) is 1.35. The van der Waals surface area contributed by atoms with Gasteiger partial charge in [0.25, 0.3) is 5.91 Å². The number of rotatable bonds is 5. The van der Waals surface area contributed by atoms with Crippen LogP contribution in [0, 0.1) is 0 Å². The lowest BCUT2D eigenvalue weighted by molar-refractivity contribution is 0.0714. The Hall–Kier alpha value is -1.38. The minimum Gasteiger partial charge on any atom is -0.380 e. The molecule has 2 rings (SSSR count). The van der Waals surface area contributed by atoms with E-state index in [0.29, 0.717) is 25.3 Å². The predicted octanol–water partition coefficient (Wildman–Crippen LogP) is 0.406. The van der Waals surface area contributed by atoms with E-state index >= 15 is 0 Å². The molecule has 1 aromatic heterocycles. The molecule has 0 saturated carbocycles. The summed E-state index contributed by atoms with van der Waals surface area (Å²) in [5.41, 5.74) is 0.359. The SMILES string of the molecule is CCCn1cc(S(N)(=O)=O)cc1C(=O)N1CCC(OC)C1. The second kappa shape index (κ2) is 6.17. The van der Waals surface area contributed by atoms with Gasteiger partial charge in [-0.15, -0.1) is 0 Å². The summed E-state index contributed by atoms with van der Waals surface area (Å²) in [6.45, 7) is 3.66. The van der Waals surface area contributed by atoms with Crippen LogP contribution in [0.25, 0.3) is 0 Å². The van der Waals surface area contributed by atoms with Crippen LogP contribution in [0.4, 0.5) is 0 Å². The van der Waals surface area contributed by atoms with E-state index in [-0.39, 0.29) is 16.9 Å². The molecule has 0 bridgehead atoms. The Morgan fingerprint density at radius 2 is 2.24 bits per heavy atom. The van der Waals surface area contributed by atoms with Crippen LogP contribution < -0.4 is 5.14 Å². The van der Waals surface area contributed by atoms with Gasteiger partial charge in [-0.25, -0.2) is 13.6 Å². The molecule has 1 amide bonds. The number of ether oxygens (including phenoxy) is 1. The number of carbonyl (C=O) groups is 1. The van der Waals surface area contributed by atoms with Gasteiger partial charge in [-0.2, -0.15) is 0 Å². The number of hydrogen-bond acceptors (Lipinski definition) is 4. The lowest BCUT2D eigenvalue weighted by Gasteiger charge is -2.17. The van der Waals surface area contributed by atoms with Crippen LogP contribution in [0.15, 0.2) is 17.2 Å². The van der Waals surface area contributed by atoms with Gasteiger partial charge in [0.15, 0.2) is 0 Å². The number of nitrogens with zero attached hydrogens (tertiary/aromatic N) is 2. The molecular formula is C13H21N3O4S. The minimum atomic E-state index is -3.81. The van der Waals surface area contributed by atoms with Crippen molar-refractivity contribution in [2.45, 2.75) is 37.3 Å². The molecule has 1 fully saturated rings. The van der Waals surface area contributed by atoms with Gasteiger partial charge in [-0.05, 0) is 18.9 Å². The maximum absolute atomic E-state index is 12.6. The lowest BCUT2D eigenvalue weighted by atomic mass is 10.3. The van der Waals surface area contributed by atoms with Crippen molar-refractivity contribution in [2.75, 3.05) is 20.2 Å². The third-order valence-electron chi connectivity index (χ3n) is 3.65. The molecule has 1 unspecified atom stereocenters. The highest BCUT2D eigenvalue weighted by Gasteiger charge is 2.29. The molecule has 8 heteroatoms. The fourth-order valence-corrected chi connectivity index (χ4v) is 3.06. The molecule has 0 spiro atoms. The summed E-state index contributed by atoms with van der Waals surface area (Å²) in [6.07, 6.45) is 3.05. The van der Waals surface area contributed by atoms with E-state index in [1.54, 1.807) is 16.6 Å². The molecule has 1 aromatic rings. The Bertz CT molecular complexity index is 623. The first-order valence-electron chi connectivity index (χ1n) is 6.91. The number of hydrogen-bond donors (Lipinski definition) is 1. The molecule has 1 aliphatic rings. The van der Waals surface area contributed by atoms with Gasteiger partial charge in [-0.3, -0.25) is 4.79 Å². The molecule has 1 saturated heterocycles. The largest absolute Gasteiger partial charge is 0.380 e. The monoisotopic (exact) mass is 315 g/mol. The summed E-state index contributed by atoms with van der Waals surface area (Å²) >= 11 is 0. The zero-order valence-corrected chi connectivity index (χ0v) is 13.1. The van der Waals surface area contributed by atoms with E-state index in [2.05, 4.69) is 0 Å². The molecule has 2 heterocycles. The first-order chi connectivity index (χ1) is 9.86. The van der Waals surface area contributed by atoms with Gasteiger partial charge in [0, 0.05) is 32.9 Å². The summed E-state index contributed by atoms with van der Waals surface area (Å²) in [5, 5.41) is 5.15. The highest BCUT2D eigenvalue weighted by Crippen LogP contribution is 2.19. The van der Waals surface area contributed by atoms with Crippen LogP contribution in [0.1, 0.15) is 30.3 Å². The smallest absolute Gasteiger partial charge is 0.270 e. The molecule has 7 nitrogen and oxygen atoms in total. The van der Waals surface area contributed by atoms with E-state index in [0.717, 1.165) is 12.8 Å². The summed E-state index contributed by atoms with van der Waals surface area (Å²) in [7, 11) is -2.19. The Balaban J connectivity index is 2.29. The second-order valence-corrected chi connectivity index (χ2v) is 6.76. The van der Waals surface area contributed by atoms with Gasteiger partial charge >= 0.3 is 0 Å². The van der Waals surface area contributed by atoms with E-state index in [9.17, 15) is 13.2 Å². The van der Waals surface area contributed by atoms with Crippen LogP contribution in [0.2, 0.25) is 0 Å². The van der Waals surface area contributed by atoms with Gasteiger partial charge in [-0.1, -0.05) is 6.92 Å². The average molecular weight is 315 g/mol. The molecule has 0 radical (unpaired) electrons. The lowest BCUT2D eigenvalue weighted by Crippen LogP contribution is -2.31. The number of nitrogens with two attached hydrogens (primary N) is 1. The molecule has 118 valence electrons. The number of carbonyl (C=O) groups excluding carboxylic acids is 1. The van der Waals surface area contributed by atoms with Crippen molar-refractivity contribution in [3.8, 4) is 0 Å². The third-order valence-corrected chi connectivity index (χ3v) is 4.53. The second-order valence-electron chi connectivity index (χ2n) is 5.20. The fraction of sp³-hybridized carbons (Fsp3) is 0.615. The number of likely N-dealkylation sites (tertiary alicyclic amines) is 1. The fourth-order valence-electron chi connectivity index (χ4n) is 2.51. The van der Waals surface area contributed by atoms with Crippen molar-refractivity contribution >= 4 is 15.9 Å². The highest BCUT2D eigenvalue weighted by molar-refractivity contribution is 7.89. The Morgan fingerprint density at radius 3 is 2.76 bits per heavy atom. The number of methoxy groups -OCH3 is 1. The summed E-state index contributed by atoms with van der Waals surface area (Å²) in [5.74, 6) is -0.182. The van der Waals surface area contributed by atoms with Gasteiger partial charge in [0.05, 0.1) is 6.10 Å².